The van der Waals surface area contributed by atoms with Gasteiger partial charge in [-0.05, 0) is 25.0 Å². The second-order valence-electron chi connectivity index (χ2n) is 4.26. The molecule has 1 N–H and O–H groups in total. The highest BCUT2D eigenvalue weighted by Gasteiger charge is 2.49. The molecule has 0 saturated heterocycles. The van der Waals surface area contributed by atoms with Crippen LogP contribution in [-0.4, -0.2) is 12.2 Å². The first-order valence-electron chi connectivity index (χ1n) is 5.24. The average molecular weight is 257 g/mol. The zero-order chi connectivity index (χ0) is 13.6. The Bertz CT molecular complexity index is 527. The van der Waals surface area contributed by atoms with Crippen LogP contribution in [0.5, 0.6) is 11.5 Å². The molecule has 0 aliphatic heterocycles. The van der Waals surface area contributed by atoms with E-state index in [1.807, 2.05) is 6.07 Å². The van der Waals surface area contributed by atoms with Crippen LogP contribution >= 0.6 is 0 Å². The SMILES string of the molecule is COc1cc(C(F)(F)F)c(O)c(C2(C#N)CC2)c1. The molecule has 1 fully saturated rings. The van der Waals surface area contributed by atoms with E-state index in [4.69, 9.17) is 10.00 Å². The first-order chi connectivity index (χ1) is 8.34. The predicted octanol–water partition coefficient (Wildman–Crippen LogP) is 2.97. The summed E-state index contributed by atoms with van der Waals surface area (Å²) in [6.07, 6.45) is -3.79. The Morgan fingerprint density at radius 2 is 2.00 bits per heavy atom. The zero-order valence-corrected chi connectivity index (χ0v) is 9.51. The second-order valence-corrected chi connectivity index (χ2v) is 4.26. The van der Waals surface area contributed by atoms with Crippen molar-refractivity contribution in [3.63, 3.8) is 0 Å². The molecule has 18 heavy (non-hydrogen) atoms. The number of benzene rings is 1. The minimum Gasteiger partial charge on any atom is -0.507 e. The maximum Gasteiger partial charge on any atom is 0.420 e. The number of hydrogen-bond acceptors (Lipinski definition) is 3. The molecular weight excluding hydrogens is 247 g/mol. The molecule has 96 valence electrons. The van der Waals surface area contributed by atoms with Gasteiger partial charge < -0.3 is 9.84 Å². The summed E-state index contributed by atoms with van der Waals surface area (Å²) in [5.74, 6) is -0.890. The predicted molar refractivity (Wildman–Crippen MR) is 56.2 cm³/mol. The number of nitriles is 1. The first kappa shape index (κ1) is 12.6. The Labute approximate surface area is 101 Å². The fraction of sp³-hybridized carbons (Fsp3) is 0.417. The van der Waals surface area contributed by atoms with Crippen molar-refractivity contribution >= 4 is 0 Å². The van der Waals surface area contributed by atoms with Crippen molar-refractivity contribution in [2.45, 2.75) is 24.4 Å². The van der Waals surface area contributed by atoms with E-state index in [1.54, 1.807) is 0 Å². The molecule has 0 bridgehead atoms. The van der Waals surface area contributed by atoms with Gasteiger partial charge in [-0.1, -0.05) is 0 Å². The summed E-state index contributed by atoms with van der Waals surface area (Å²) in [5, 5.41) is 18.7. The molecule has 1 aromatic carbocycles. The minimum absolute atomic E-state index is 0.00308. The highest BCUT2D eigenvalue weighted by Crippen LogP contribution is 2.54. The molecule has 0 amide bonds. The highest BCUT2D eigenvalue weighted by atomic mass is 19.4. The molecule has 1 aliphatic rings. The summed E-state index contributed by atoms with van der Waals surface area (Å²) in [6.45, 7) is 0. The van der Waals surface area contributed by atoms with Crippen LogP contribution in [0.4, 0.5) is 13.2 Å². The Morgan fingerprint density at radius 1 is 1.39 bits per heavy atom. The molecule has 0 aromatic heterocycles. The van der Waals surface area contributed by atoms with Crippen LogP contribution in [0.1, 0.15) is 24.0 Å². The van der Waals surface area contributed by atoms with Gasteiger partial charge in [0.1, 0.15) is 17.1 Å². The van der Waals surface area contributed by atoms with Crippen LogP contribution < -0.4 is 4.74 Å². The molecular formula is C12H10F3NO2. The third-order valence-electron chi connectivity index (χ3n) is 3.10. The molecule has 0 spiro atoms. The minimum atomic E-state index is -4.68. The lowest BCUT2D eigenvalue weighted by Gasteiger charge is -2.16. The van der Waals surface area contributed by atoms with Crippen LogP contribution in [0.25, 0.3) is 0 Å². The van der Waals surface area contributed by atoms with Gasteiger partial charge in [0.2, 0.25) is 0 Å². The Morgan fingerprint density at radius 3 is 2.39 bits per heavy atom. The van der Waals surface area contributed by atoms with Crippen molar-refractivity contribution in [3.05, 3.63) is 23.3 Å². The van der Waals surface area contributed by atoms with Gasteiger partial charge in [0, 0.05) is 5.56 Å². The standard InChI is InChI=1S/C12H10F3NO2/c1-18-7-4-8(11(6-16)2-3-11)10(17)9(5-7)12(13,14)15/h4-5,17H,2-3H2,1H3. The monoisotopic (exact) mass is 257 g/mol. The van der Waals surface area contributed by atoms with Gasteiger partial charge in [-0.25, -0.2) is 0 Å². The van der Waals surface area contributed by atoms with Crippen molar-refractivity contribution in [1.29, 1.82) is 5.26 Å². The number of ether oxygens (including phenoxy) is 1. The maximum absolute atomic E-state index is 12.8. The highest BCUT2D eigenvalue weighted by molar-refractivity contribution is 5.55. The Kier molecular flexibility index (Phi) is 2.65. The number of methoxy groups -OCH3 is 1. The van der Waals surface area contributed by atoms with E-state index >= 15 is 0 Å². The second kappa shape index (κ2) is 3.80. The molecule has 0 unspecified atom stereocenters. The third-order valence-corrected chi connectivity index (χ3v) is 3.10. The number of nitrogens with zero attached hydrogens (tertiary/aromatic N) is 1. The molecule has 1 aromatic rings. The van der Waals surface area contributed by atoms with Gasteiger partial charge in [-0.15, -0.1) is 0 Å². The van der Waals surface area contributed by atoms with Crippen molar-refractivity contribution in [1.82, 2.24) is 0 Å². The van der Waals surface area contributed by atoms with Crippen molar-refractivity contribution in [2.24, 2.45) is 0 Å². The van der Waals surface area contributed by atoms with E-state index in [0.717, 1.165) is 6.07 Å². The fourth-order valence-electron chi connectivity index (χ4n) is 1.87. The summed E-state index contributed by atoms with van der Waals surface area (Å²) in [5.41, 5.74) is -2.17. The number of alkyl halides is 3. The van der Waals surface area contributed by atoms with Crippen LogP contribution in [-0.2, 0) is 11.6 Å². The smallest absolute Gasteiger partial charge is 0.420 e. The van der Waals surface area contributed by atoms with E-state index in [-0.39, 0.29) is 11.3 Å². The van der Waals surface area contributed by atoms with Gasteiger partial charge in [0.05, 0.1) is 18.6 Å². The number of phenols is 1. The van der Waals surface area contributed by atoms with Crippen LogP contribution in [0, 0.1) is 11.3 Å². The van der Waals surface area contributed by atoms with Gasteiger partial charge in [0.25, 0.3) is 0 Å². The van der Waals surface area contributed by atoms with Gasteiger partial charge in [0.15, 0.2) is 0 Å². The van der Waals surface area contributed by atoms with Crippen LogP contribution in [0.15, 0.2) is 12.1 Å². The van der Waals surface area contributed by atoms with E-state index in [9.17, 15) is 18.3 Å². The van der Waals surface area contributed by atoms with Gasteiger partial charge >= 0.3 is 6.18 Å². The lowest BCUT2D eigenvalue weighted by atomic mass is 9.94. The number of aromatic hydroxyl groups is 1. The molecule has 6 heteroatoms. The largest absolute Gasteiger partial charge is 0.507 e. The third kappa shape index (κ3) is 1.86. The molecule has 0 atom stereocenters. The van der Waals surface area contributed by atoms with Crippen molar-refractivity contribution in [2.75, 3.05) is 7.11 Å². The average Bonchev–Trinajstić information content (AvgIpc) is 3.08. The summed E-state index contributed by atoms with van der Waals surface area (Å²) in [6, 6.07) is 3.98. The fourth-order valence-corrected chi connectivity index (χ4v) is 1.87. The normalized spacial score (nSPS) is 17.1. The van der Waals surface area contributed by atoms with Gasteiger partial charge in [-0.3, -0.25) is 0 Å². The van der Waals surface area contributed by atoms with E-state index in [2.05, 4.69) is 0 Å². The summed E-state index contributed by atoms with van der Waals surface area (Å²) in [4.78, 5) is 0. The molecule has 1 aliphatic carbocycles. The van der Waals surface area contributed by atoms with Crippen LogP contribution in [0.2, 0.25) is 0 Å². The van der Waals surface area contributed by atoms with Gasteiger partial charge in [-0.2, -0.15) is 18.4 Å². The quantitative estimate of drug-likeness (QED) is 0.886. The molecule has 0 radical (unpaired) electrons. The summed E-state index contributed by atoms with van der Waals surface area (Å²) in [7, 11) is 1.24. The summed E-state index contributed by atoms with van der Waals surface area (Å²) >= 11 is 0. The maximum atomic E-state index is 12.8. The molecule has 0 heterocycles. The summed E-state index contributed by atoms with van der Waals surface area (Å²) < 4.78 is 43.1. The van der Waals surface area contributed by atoms with Crippen LogP contribution in [0.3, 0.4) is 0 Å². The number of phenolic OH excluding ortho intramolecular Hbond substituents is 1. The van der Waals surface area contributed by atoms with Crippen molar-refractivity contribution < 1.29 is 23.0 Å². The first-order valence-corrected chi connectivity index (χ1v) is 5.24. The number of halogens is 3. The van der Waals surface area contributed by atoms with Crippen molar-refractivity contribution in [3.8, 4) is 17.6 Å². The molecule has 3 nitrogen and oxygen atoms in total. The zero-order valence-electron chi connectivity index (χ0n) is 9.51. The topological polar surface area (TPSA) is 53.2 Å². The number of hydrogen-bond donors (Lipinski definition) is 1. The van der Waals surface area contributed by atoms with E-state index in [1.165, 1.54) is 13.2 Å². The molecule has 2 rings (SSSR count). The Hall–Kier alpha value is -1.90. The number of rotatable bonds is 2. The molecule has 1 saturated carbocycles. The van der Waals surface area contributed by atoms with E-state index in [0.29, 0.717) is 12.8 Å². The Balaban J connectivity index is 2.65. The van der Waals surface area contributed by atoms with E-state index < -0.39 is 22.9 Å². The lowest BCUT2D eigenvalue weighted by Crippen LogP contribution is -2.11. The lowest BCUT2D eigenvalue weighted by molar-refractivity contribution is -0.138.